The van der Waals surface area contributed by atoms with Crippen molar-refractivity contribution in [2.45, 2.75) is 38.7 Å². The monoisotopic (exact) mass is 347 g/mol. The third-order valence-corrected chi connectivity index (χ3v) is 4.13. The number of nitrogen functional groups attached to an aromatic ring is 1. The van der Waals surface area contributed by atoms with Crippen LogP contribution in [0.25, 0.3) is 0 Å². The van der Waals surface area contributed by atoms with E-state index in [4.69, 9.17) is 10.5 Å². The largest absolute Gasteiger partial charge is 0.383 e. The molecule has 4 nitrogen and oxygen atoms in total. The third-order valence-electron chi connectivity index (χ3n) is 3.03. The van der Waals surface area contributed by atoms with Gasteiger partial charge in [0.1, 0.15) is 11.9 Å². The summed E-state index contributed by atoms with van der Waals surface area (Å²) in [5, 5.41) is 0. The number of hydrogen-bond donors (Lipinski definition) is 1. The summed E-state index contributed by atoms with van der Waals surface area (Å²) < 4.78 is 6.47. The van der Waals surface area contributed by atoms with Crippen LogP contribution in [0.3, 0.4) is 0 Å². The van der Waals surface area contributed by atoms with Gasteiger partial charge in [0, 0.05) is 7.11 Å². The molecule has 17 heavy (non-hydrogen) atoms. The van der Waals surface area contributed by atoms with Gasteiger partial charge < -0.3 is 10.5 Å². The fraction of sp³-hybridized carbons (Fsp3) is 0.667. The van der Waals surface area contributed by atoms with Crippen LogP contribution in [0.1, 0.15) is 50.2 Å². The molecule has 0 radical (unpaired) electrons. The predicted molar refractivity (Wildman–Crippen MR) is 75.7 cm³/mol. The van der Waals surface area contributed by atoms with Gasteiger partial charge in [0.15, 0.2) is 5.82 Å². The van der Waals surface area contributed by atoms with Crippen LogP contribution in [0.5, 0.6) is 0 Å². The average molecular weight is 347 g/mol. The first kappa shape index (κ1) is 13.0. The van der Waals surface area contributed by atoms with Crippen molar-refractivity contribution in [3.63, 3.8) is 0 Å². The van der Waals surface area contributed by atoms with Crippen molar-refractivity contribution in [1.82, 2.24) is 9.97 Å². The van der Waals surface area contributed by atoms with Crippen molar-refractivity contribution in [3.8, 4) is 0 Å². The number of anilines is 1. The van der Waals surface area contributed by atoms with E-state index in [0.29, 0.717) is 17.7 Å². The zero-order chi connectivity index (χ0) is 12.6. The molecule has 0 aliphatic heterocycles. The van der Waals surface area contributed by atoms with E-state index in [1.165, 1.54) is 12.8 Å². The lowest BCUT2D eigenvalue weighted by Gasteiger charge is -2.17. The first-order chi connectivity index (χ1) is 8.04. The molecule has 1 aliphatic rings. The standard InChI is InChI=1S/C12H18IN3O/c1-6(2)9-8(13)11(14)16-12(15-9)10(17-3)7-4-5-7/h6-7,10H,4-5H2,1-3H3,(H2,14,15,16). The second-order valence-corrected chi connectivity index (χ2v) is 5.89. The van der Waals surface area contributed by atoms with Crippen molar-refractivity contribution < 1.29 is 4.74 Å². The van der Waals surface area contributed by atoms with Crippen molar-refractivity contribution in [2.24, 2.45) is 5.92 Å². The van der Waals surface area contributed by atoms with Gasteiger partial charge in [0.25, 0.3) is 0 Å². The molecule has 0 bridgehead atoms. The van der Waals surface area contributed by atoms with E-state index in [1.54, 1.807) is 7.11 Å². The van der Waals surface area contributed by atoms with Crippen molar-refractivity contribution in [2.75, 3.05) is 12.8 Å². The minimum absolute atomic E-state index is 0.00630. The number of rotatable bonds is 4. The van der Waals surface area contributed by atoms with E-state index < -0.39 is 0 Å². The molecule has 1 aromatic heterocycles. The minimum Gasteiger partial charge on any atom is -0.383 e. The Hall–Kier alpha value is -0.430. The number of ether oxygens (including phenoxy) is 1. The molecule has 0 spiro atoms. The lowest BCUT2D eigenvalue weighted by Crippen LogP contribution is -2.14. The molecule has 5 heteroatoms. The van der Waals surface area contributed by atoms with Gasteiger partial charge in [-0.2, -0.15) is 0 Å². The van der Waals surface area contributed by atoms with Gasteiger partial charge >= 0.3 is 0 Å². The first-order valence-corrected chi connectivity index (χ1v) is 6.98. The summed E-state index contributed by atoms with van der Waals surface area (Å²) in [7, 11) is 1.72. The van der Waals surface area contributed by atoms with Gasteiger partial charge in [-0.3, -0.25) is 0 Å². The van der Waals surface area contributed by atoms with E-state index in [0.717, 1.165) is 15.1 Å². The van der Waals surface area contributed by atoms with Crippen LogP contribution in [0.2, 0.25) is 0 Å². The van der Waals surface area contributed by atoms with E-state index in [-0.39, 0.29) is 6.10 Å². The molecule has 0 amide bonds. The van der Waals surface area contributed by atoms with Gasteiger partial charge in [0.2, 0.25) is 0 Å². The molecular weight excluding hydrogens is 329 g/mol. The smallest absolute Gasteiger partial charge is 0.160 e. The van der Waals surface area contributed by atoms with Crippen LogP contribution < -0.4 is 5.73 Å². The molecule has 0 saturated heterocycles. The van der Waals surface area contributed by atoms with Gasteiger partial charge in [-0.1, -0.05) is 13.8 Å². The highest BCUT2D eigenvalue weighted by atomic mass is 127. The topological polar surface area (TPSA) is 61.0 Å². The maximum atomic E-state index is 5.96. The summed E-state index contributed by atoms with van der Waals surface area (Å²) in [6, 6.07) is 0. The lowest BCUT2D eigenvalue weighted by atomic mass is 10.1. The maximum absolute atomic E-state index is 5.96. The Kier molecular flexibility index (Phi) is 3.87. The summed E-state index contributed by atoms with van der Waals surface area (Å²) in [4.78, 5) is 9.02. The summed E-state index contributed by atoms with van der Waals surface area (Å²) in [6.45, 7) is 4.24. The Balaban J connectivity index is 2.40. The molecule has 0 aromatic carbocycles. The van der Waals surface area contributed by atoms with Crippen LogP contribution in [-0.4, -0.2) is 17.1 Å². The van der Waals surface area contributed by atoms with Gasteiger partial charge in [0.05, 0.1) is 9.26 Å². The molecule has 1 fully saturated rings. The Labute approximate surface area is 115 Å². The predicted octanol–water partition coefficient (Wildman–Crippen LogP) is 2.88. The summed E-state index contributed by atoms with van der Waals surface area (Å²) >= 11 is 2.21. The van der Waals surface area contributed by atoms with Crippen molar-refractivity contribution in [3.05, 3.63) is 15.1 Å². The Morgan fingerprint density at radius 3 is 2.47 bits per heavy atom. The number of nitrogens with zero attached hydrogens (tertiary/aromatic N) is 2. The molecule has 1 aliphatic carbocycles. The fourth-order valence-corrected chi connectivity index (χ4v) is 2.78. The number of halogens is 1. The van der Waals surface area contributed by atoms with Gasteiger partial charge in [-0.25, -0.2) is 9.97 Å². The summed E-state index contributed by atoms with van der Waals surface area (Å²) in [5.41, 5.74) is 6.98. The second kappa shape index (κ2) is 5.06. The molecule has 1 unspecified atom stereocenters. The molecule has 1 aromatic rings. The molecule has 94 valence electrons. The fourth-order valence-electron chi connectivity index (χ4n) is 1.92. The molecule has 1 atom stereocenters. The molecule has 1 heterocycles. The zero-order valence-corrected chi connectivity index (χ0v) is 12.6. The number of nitrogens with two attached hydrogens (primary N) is 1. The highest BCUT2D eigenvalue weighted by Gasteiger charge is 2.35. The molecule has 1 saturated carbocycles. The number of methoxy groups -OCH3 is 1. The van der Waals surface area contributed by atoms with Crippen LogP contribution in [-0.2, 0) is 4.74 Å². The Bertz CT molecular complexity index is 418. The highest BCUT2D eigenvalue weighted by molar-refractivity contribution is 14.1. The summed E-state index contributed by atoms with van der Waals surface area (Å²) in [5.74, 6) is 2.24. The van der Waals surface area contributed by atoms with Crippen LogP contribution >= 0.6 is 22.6 Å². The van der Waals surface area contributed by atoms with E-state index in [9.17, 15) is 0 Å². The quantitative estimate of drug-likeness (QED) is 0.851. The van der Waals surface area contributed by atoms with E-state index in [1.807, 2.05) is 0 Å². The summed E-state index contributed by atoms with van der Waals surface area (Å²) in [6.07, 6.45) is 2.40. The first-order valence-electron chi connectivity index (χ1n) is 5.90. The van der Waals surface area contributed by atoms with Crippen LogP contribution in [0.4, 0.5) is 5.82 Å². The average Bonchev–Trinajstić information content (AvgIpc) is 3.07. The van der Waals surface area contributed by atoms with Gasteiger partial charge in [-0.05, 0) is 47.3 Å². The highest BCUT2D eigenvalue weighted by Crippen LogP contribution is 2.42. The van der Waals surface area contributed by atoms with Crippen molar-refractivity contribution >= 4 is 28.4 Å². The van der Waals surface area contributed by atoms with Crippen molar-refractivity contribution in [1.29, 1.82) is 0 Å². The normalized spacial score (nSPS) is 17.5. The van der Waals surface area contributed by atoms with Gasteiger partial charge in [-0.15, -0.1) is 0 Å². The van der Waals surface area contributed by atoms with E-state index >= 15 is 0 Å². The van der Waals surface area contributed by atoms with Crippen LogP contribution in [0, 0.1) is 9.49 Å². The SMILES string of the molecule is COC(c1nc(N)c(I)c(C(C)C)n1)C1CC1. The Morgan fingerprint density at radius 2 is 2.00 bits per heavy atom. The molecule has 2 rings (SSSR count). The zero-order valence-electron chi connectivity index (χ0n) is 10.4. The molecule has 2 N–H and O–H groups in total. The Morgan fingerprint density at radius 1 is 1.35 bits per heavy atom. The third kappa shape index (κ3) is 2.70. The van der Waals surface area contributed by atoms with Crippen LogP contribution in [0.15, 0.2) is 0 Å². The number of aromatic nitrogens is 2. The second-order valence-electron chi connectivity index (χ2n) is 4.81. The maximum Gasteiger partial charge on any atom is 0.160 e. The lowest BCUT2D eigenvalue weighted by molar-refractivity contribution is 0.0770. The molecular formula is C12H18IN3O. The number of hydrogen-bond acceptors (Lipinski definition) is 4. The minimum atomic E-state index is 0.00630. The van der Waals surface area contributed by atoms with E-state index in [2.05, 4.69) is 46.4 Å².